The number of carbonyl (C=O) groups is 3. The maximum absolute atomic E-state index is 14.3. The molecule has 3 aromatic rings. The summed E-state index contributed by atoms with van der Waals surface area (Å²) in [5.74, 6) is -0.0493. The Morgan fingerprint density at radius 3 is 2.16 bits per heavy atom. The van der Waals surface area contributed by atoms with E-state index in [0.717, 1.165) is 11.1 Å². The lowest BCUT2D eigenvalue weighted by Gasteiger charge is -2.33. The van der Waals surface area contributed by atoms with Crippen LogP contribution in [0.1, 0.15) is 83.4 Å². The molecular formula is C35H47N4O9P. The average Bonchev–Trinajstić information content (AvgIpc) is 3.32. The van der Waals surface area contributed by atoms with Crippen LogP contribution >= 0.6 is 7.60 Å². The Balaban J connectivity index is 1.50. The summed E-state index contributed by atoms with van der Waals surface area (Å²) >= 11 is 0. The fourth-order valence-electron chi connectivity index (χ4n) is 6.54. The Morgan fingerprint density at radius 2 is 1.57 bits per heavy atom. The molecule has 2 saturated heterocycles. The van der Waals surface area contributed by atoms with Crippen molar-refractivity contribution in [2.75, 3.05) is 33.4 Å². The van der Waals surface area contributed by atoms with E-state index < -0.39 is 30.8 Å². The van der Waals surface area contributed by atoms with Gasteiger partial charge in [-0.3, -0.25) is 28.2 Å². The van der Waals surface area contributed by atoms with Crippen LogP contribution in [0.15, 0.2) is 47.3 Å². The number of ether oxygens (including phenoxy) is 2. The van der Waals surface area contributed by atoms with E-state index >= 15 is 0 Å². The Bertz CT molecular complexity index is 1780. The highest BCUT2D eigenvalue weighted by Crippen LogP contribution is 2.50. The van der Waals surface area contributed by atoms with Crippen LogP contribution in [-0.2, 0) is 40.8 Å². The van der Waals surface area contributed by atoms with Crippen molar-refractivity contribution < 1.29 is 37.5 Å². The van der Waals surface area contributed by atoms with E-state index in [0.29, 0.717) is 42.7 Å². The summed E-state index contributed by atoms with van der Waals surface area (Å²) in [7, 11) is -2.18. The minimum absolute atomic E-state index is 0.0571. The molecule has 49 heavy (non-hydrogen) atoms. The van der Waals surface area contributed by atoms with Crippen LogP contribution < -0.4 is 10.4 Å². The first kappa shape index (κ1) is 36.4. The van der Waals surface area contributed by atoms with E-state index in [9.17, 15) is 23.7 Å². The number of methoxy groups -OCH3 is 1. The minimum Gasteiger partial charge on any atom is -0.497 e. The molecule has 1 unspecified atom stereocenters. The quantitative estimate of drug-likeness (QED) is 0.173. The molecular weight excluding hydrogens is 651 g/mol. The Labute approximate surface area is 286 Å². The molecule has 0 aliphatic carbocycles. The number of piperidine rings is 2. The van der Waals surface area contributed by atoms with Crippen molar-refractivity contribution in [3.63, 3.8) is 0 Å². The Hall–Kier alpha value is -3.93. The number of aromatic nitrogens is 2. The summed E-state index contributed by atoms with van der Waals surface area (Å²) in [6, 6.07) is 11.8. The van der Waals surface area contributed by atoms with Gasteiger partial charge in [0.05, 0.1) is 37.9 Å². The predicted octanol–water partition coefficient (Wildman–Crippen LogP) is 6.04. The third-order valence-corrected chi connectivity index (χ3v) is 10.8. The van der Waals surface area contributed by atoms with E-state index in [-0.39, 0.29) is 56.8 Å². The lowest BCUT2D eigenvalue weighted by atomic mass is 9.89. The zero-order chi connectivity index (χ0) is 35.5. The third kappa shape index (κ3) is 8.11. The van der Waals surface area contributed by atoms with E-state index in [1.54, 1.807) is 50.1 Å². The number of nitrogens with zero attached hydrogens (tertiary/aromatic N) is 4. The zero-order valence-corrected chi connectivity index (χ0v) is 30.1. The van der Waals surface area contributed by atoms with E-state index in [4.69, 9.17) is 18.5 Å². The summed E-state index contributed by atoms with van der Waals surface area (Å²) in [4.78, 5) is 56.9. The van der Waals surface area contributed by atoms with Crippen LogP contribution in [0.4, 0.5) is 4.79 Å². The van der Waals surface area contributed by atoms with Gasteiger partial charge in [0, 0.05) is 19.5 Å². The molecule has 2 aliphatic rings. The predicted molar refractivity (Wildman–Crippen MR) is 184 cm³/mol. The number of hydrogen-bond acceptors (Lipinski definition) is 9. The van der Waals surface area contributed by atoms with E-state index in [1.807, 2.05) is 39.0 Å². The van der Waals surface area contributed by atoms with Gasteiger partial charge in [-0.25, -0.2) is 9.59 Å². The highest BCUT2D eigenvalue weighted by atomic mass is 31.2. The van der Waals surface area contributed by atoms with Gasteiger partial charge in [0.15, 0.2) is 0 Å². The highest BCUT2D eigenvalue weighted by molar-refractivity contribution is 7.52. The van der Waals surface area contributed by atoms with Gasteiger partial charge >= 0.3 is 19.4 Å². The summed E-state index contributed by atoms with van der Waals surface area (Å²) < 4.78 is 38.5. The van der Waals surface area contributed by atoms with E-state index in [2.05, 4.69) is 0 Å². The SMILES string of the molecule is CCOP(=O)(Cn1c(=O)n(C2CCC(=O)N(Cc3ccc(OC)cc3)C2=O)c2ccc(C3CCN(C(=O)OC(C)(C)C)CC3)cc21)OCC. The number of carbonyl (C=O) groups excluding carboxylic acids is 3. The first-order chi connectivity index (χ1) is 23.3. The summed E-state index contributed by atoms with van der Waals surface area (Å²) in [5.41, 5.74) is 1.55. The molecule has 0 saturated carbocycles. The molecule has 1 atom stereocenters. The number of hydrogen-bond donors (Lipinski definition) is 0. The molecule has 266 valence electrons. The highest BCUT2D eigenvalue weighted by Gasteiger charge is 2.39. The molecule has 3 amide bonds. The molecule has 0 spiro atoms. The third-order valence-electron chi connectivity index (χ3n) is 8.87. The van der Waals surface area contributed by atoms with Gasteiger partial charge in [-0.1, -0.05) is 18.2 Å². The number of benzene rings is 2. The first-order valence-corrected chi connectivity index (χ1v) is 18.6. The topological polar surface area (TPSA) is 139 Å². The maximum atomic E-state index is 14.3. The molecule has 2 aliphatic heterocycles. The molecule has 0 radical (unpaired) electrons. The van der Waals surface area contributed by atoms with Gasteiger partial charge in [0.2, 0.25) is 5.91 Å². The Morgan fingerprint density at radius 1 is 0.918 bits per heavy atom. The fraction of sp³-hybridized carbons (Fsp3) is 0.543. The van der Waals surface area contributed by atoms with Crippen molar-refractivity contribution in [2.45, 2.75) is 90.7 Å². The number of amides is 3. The van der Waals surface area contributed by atoms with Crippen LogP contribution in [0.5, 0.6) is 5.75 Å². The number of imide groups is 1. The molecule has 1 aromatic heterocycles. The second kappa shape index (κ2) is 14.9. The maximum Gasteiger partial charge on any atom is 0.410 e. The van der Waals surface area contributed by atoms with Crippen molar-refractivity contribution in [3.8, 4) is 5.75 Å². The monoisotopic (exact) mass is 698 g/mol. The largest absolute Gasteiger partial charge is 0.497 e. The zero-order valence-electron chi connectivity index (χ0n) is 29.2. The van der Waals surface area contributed by atoms with Crippen LogP contribution in [0.3, 0.4) is 0 Å². The van der Waals surface area contributed by atoms with Gasteiger partial charge in [-0.15, -0.1) is 0 Å². The second-order valence-corrected chi connectivity index (χ2v) is 15.4. The summed E-state index contributed by atoms with van der Waals surface area (Å²) in [6.45, 7) is 10.3. The number of fused-ring (bicyclic) bond motifs is 1. The molecule has 2 fully saturated rings. The van der Waals surface area contributed by atoms with E-state index in [1.165, 1.54) is 14.0 Å². The van der Waals surface area contributed by atoms with Crippen LogP contribution in [0.25, 0.3) is 11.0 Å². The van der Waals surface area contributed by atoms with Gasteiger partial charge in [-0.05, 0) is 95.2 Å². The standard InChI is InChI=1S/C35H47N4O9P/c1-7-46-49(44,47-8-2)23-38-30-21-26(25-17-19-36(20-18-25)34(43)48-35(3,4)5)11-14-28(30)39(33(38)42)29-15-16-31(40)37(32(29)41)22-24-9-12-27(45-6)13-10-24/h9-14,21,25,29H,7-8,15-20,22-23H2,1-6H3. The van der Waals surface area contributed by atoms with Gasteiger partial charge < -0.3 is 23.4 Å². The smallest absolute Gasteiger partial charge is 0.410 e. The van der Waals surface area contributed by atoms with Crippen molar-refractivity contribution in [1.82, 2.24) is 18.9 Å². The fourth-order valence-corrected chi connectivity index (χ4v) is 8.18. The molecule has 3 heterocycles. The Kier molecular flexibility index (Phi) is 11.1. The molecule has 5 rings (SSSR count). The first-order valence-electron chi connectivity index (χ1n) is 16.8. The van der Waals surface area contributed by atoms with Crippen molar-refractivity contribution in [2.24, 2.45) is 0 Å². The normalized spacial score (nSPS) is 18.0. The summed E-state index contributed by atoms with van der Waals surface area (Å²) in [6.07, 6.45) is 0.927. The molecule has 13 nitrogen and oxygen atoms in total. The average molecular weight is 699 g/mol. The summed E-state index contributed by atoms with van der Waals surface area (Å²) in [5, 5.41) is 0. The molecule has 14 heteroatoms. The van der Waals surface area contributed by atoms with Crippen LogP contribution in [0.2, 0.25) is 0 Å². The van der Waals surface area contributed by atoms with Crippen molar-refractivity contribution in [3.05, 3.63) is 64.1 Å². The number of rotatable bonds is 11. The van der Waals surface area contributed by atoms with Crippen molar-refractivity contribution >= 4 is 36.5 Å². The lowest BCUT2D eigenvalue weighted by Crippen LogP contribution is -2.47. The van der Waals surface area contributed by atoms with Crippen molar-refractivity contribution in [1.29, 1.82) is 0 Å². The number of imidazole rings is 1. The molecule has 2 aromatic carbocycles. The molecule has 0 N–H and O–H groups in total. The molecule has 0 bridgehead atoms. The van der Waals surface area contributed by atoms with Gasteiger partial charge in [0.25, 0.3) is 5.91 Å². The second-order valence-electron chi connectivity index (χ2n) is 13.4. The lowest BCUT2D eigenvalue weighted by molar-refractivity contribution is -0.151. The van der Waals surface area contributed by atoms with Gasteiger partial charge in [-0.2, -0.15) is 0 Å². The van der Waals surface area contributed by atoms with Gasteiger partial charge in [0.1, 0.15) is 23.7 Å². The minimum atomic E-state index is -3.74. The van der Waals surface area contributed by atoms with Crippen LogP contribution in [-0.4, -0.2) is 75.9 Å². The number of likely N-dealkylation sites (tertiary alicyclic amines) is 2. The van der Waals surface area contributed by atoms with Crippen LogP contribution in [0, 0.1) is 0 Å².